The van der Waals surface area contributed by atoms with Gasteiger partial charge < -0.3 is 4.90 Å². The van der Waals surface area contributed by atoms with Gasteiger partial charge in [-0.05, 0) is 23.9 Å². The summed E-state index contributed by atoms with van der Waals surface area (Å²) in [7, 11) is 3.12. The highest BCUT2D eigenvalue weighted by Crippen LogP contribution is 2.31. The zero-order valence-corrected chi connectivity index (χ0v) is 10.0. The van der Waals surface area contributed by atoms with Crippen molar-refractivity contribution in [2.45, 2.75) is 4.90 Å². The number of nitriles is 1. The van der Waals surface area contributed by atoms with Crippen LogP contribution in [0.25, 0.3) is 0 Å². The van der Waals surface area contributed by atoms with Crippen molar-refractivity contribution >= 4 is 22.7 Å². The summed E-state index contributed by atoms with van der Waals surface area (Å²) in [5.74, 6) is 0. The fourth-order valence-electron chi connectivity index (χ4n) is 1.00. The van der Waals surface area contributed by atoms with Crippen LogP contribution in [0.2, 0.25) is 0 Å². The second-order valence-electron chi connectivity index (χ2n) is 3.31. The van der Waals surface area contributed by atoms with Gasteiger partial charge >= 0.3 is 0 Å². The Balaban J connectivity index is 3.12. The highest BCUT2D eigenvalue weighted by Gasteiger charge is 2.18. The van der Waals surface area contributed by atoms with Crippen LogP contribution in [0.4, 0.5) is 10.5 Å². The van der Waals surface area contributed by atoms with Gasteiger partial charge in [0.05, 0.1) is 21.5 Å². The van der Waals surface area contributed by atoms with Crippen molar-refractivity contribution in [3.63, 3.8) is 0 Å². The average Bonchev–Trinajstić information content (AvgIpc) is 2.29. The SMILES string of the molecule is CN(C)C(=O)Sc1ccc(C#N)cc1[N+](=O)[O-]. The molecule has 88 valence electrons. The highest BCUT2D eigenvalue weighted by molar-refractivity contribution is 8.13. The van der Waals surface area contributed by atoms with E-state index in [-0.39, 0.29) is 21.4 Å². The van der Waals surface area contributed by atoms with E-state index >= 15 is 0 Å². The van der Waals surface area contributed by atoms with Crippen LogP contribution in [-0.2, 0) is 0 Å². The van der Waals surface area contributed by atoms with Crippen molar-refractivity contribution in [1.82, 2.24) is 4.90 Å². The number of carbonyl (C=O) groups excluding carboxylic acids is 1. The minimum Gasteiger partial charge on any atom is -0.339 e. The Morgan fingerprint density at radius 1 is 1.53 bits per heavy atom. The number of hydrogen-bond acceptors (Lipinski definition) is 5. The van der Waals surface area contributed by atoms with E-state index in [0.29, 0.717) is 0 Å². The molecule has 0 aliphatic rings. The molecule has 0 spiro atoms. The molecule has 0 bridgehead atoms. The number of nitro groups is 1. The summed E-state index contributed by atoms with van der Waals surface area (Å²) in [5, 5.41) is 19.1. The maximum Gasteiger partial charge on any atom is 0.286 e. The lowest BCUT2D eigenvalue weighted by Crippen LogP contribution is -2.16. The van der Waals surface area contributed by atoms with Crippen molar-refractivity contribution in [3.05, 3.63) is 33.9 Å². The van der Waals surface area contributed by atoms with Gasteiger partial charge in [0, 0.05) is 20.2 Å². The molecule has 0 aromatic heterocycles. The molecule has 1 aromatic rings. The van der Waals surface area contributed by atoms with Crippen LogP contribution in [0.1, 0.15) is 5.56 Å². The average molecular weight is 251 g/mol. The molecule has 0 heterocycles. The van der Waals surface area contributed by atoms with Crippen LogP contribution in [0.3, 0.4) is 0 Å². The van der Waals surface area contributed by atoms with Crippen LogP contribution in [0.15, 0.2) is 23.1 Å². The van der Waals surface area contributed by atoms with Crippen molar-refractivity contribution in [1.29, 1.82) is 5.26 Å². The zero-order valence-electron chi connectivity index (χ0n) is 9.21. The predicted molar refractivity (Wildman–Crippen MR) is 62.8 cm³/mol. The number of carbonyl (C=O) groups is 1. The molecule has 6 nitrogen and oxygen atoms in total. The summed E-state index contributed by atoms with van der Waals surface area (Å²) in [6.45, 7) is 0. The fraction of sp³-hybridized carbons (Fsp3) is 0.200. The Morgan fingerprint density at radius 2 is 2.18 bits per heavy atom. The van der Waals surface area contributed by atoms with E-state index in [2.05, 4.69) is 0 Å². The van der Waals surface area contributed by atoms with E-state index in [0.717, 1.165) is 17.8 Å². The molecule has 17 heavy (non-hydrogen) atoms. The van der Waals surface area contributed by atoms with Crippen molar-refractivity contribution in [2.75, 3.05) is 14.1 Å². The van der Waals surface area contributed by atoms with E-state index in [1.165, 1.54) is 17.0 Å². The summed E-state index contributed by atoms with van der Waals surface area (Å²) in [6, 6.07) is 5.82. The topological polar surface area (TPSA) is 87.2 Å². The Bertz CT molecular complexity index is 508. The number of thioether (sulfide) groups is 1. The molecule has 0 saturated carbocycles. The van der Waals surface area contributed by atoms with Crippen LogP contribution >= 0.6 is 11.8 Å². The lowest BCUT2D eigenvalue weighted by Gasteiger charge is -2.09. The van der Waals surface area contributed by atoms with E-state index in [4.69, 9.17) is 5.26 Å². The van der Waals surface area contributed by atoms with Gasteiger partial charge in [0.15, 0.2) is 0 Å². The fourth-order valence-corrected chi connectivity index (χ4v) is 1.75. The number of rotatable bonds is 2. The summed E-state index contributed by atoms with van der Waals surface area (Å²) in [4.78, 5) is 23.2. The maximum absolute atomic E-state index is 11.4. The van der Waals surface area contributed by atoms with Gasteiger partial charge in [-0.2, -0.15) is 5.26 Å². The molecule has 0 atom stereocenters. The predicted octanol–water partition coefficient (Wildman–Crippen LogP) is 2.24. The van der Waals surface area contributed by atoms with Gasteiger partial charge in [0.25, 0.3) is 10.9 Å². The van der Waals surface area contributed by atoms with Crippen LogP contribution in [0.5, 0.6) is 0 Å². The molecular weight excluding hydrogens is 242 g/mol. The molecule has 0 N–H and O–H groups in total. The van der Waals surface area contributed by atoms with Crippen LogP contribution in [0, 0.1) is 21.4 Å². The minimum atomic E-state index is -0.605. The van der Waals surface area contributed by atoms with E-state index in [9.17, 15) is 14.9 Å². The van der Waals surface area contributed by atoms with Gasteiger partial charge in [-0.1, -0.05) is 0 Å². The first kappa shape index (κ1) is 13.0. The molecule has 0 aliphatic heterocycles. The standard InChI is InChI=1S/C10H9N3O3S/c1-12(2)10(14)17-9-4-3-7(6-11)5-8(9)13(15)16/h3-5H,1-2H3. The van der Waals surface area contributed by atoms with E-state index in [1.807, 2.05) is 6.07 Å². The van der Waals surface area contributed by atoms with Crippen LogP contribution < -0.4 is 0 Å². The number of nitrogens with zero attached hydrogens (tertiary/aromatic N) is 3. The Kier molecular flexibility index (Phi) is 4.06. The Morgan fingerprint density at radius 3 is 2.65 bits per heavy atom. The summed E-state index contributed by atoms with van der Waals surface area (Å²) >= 11 is 0.762. The molecular formula is C10H9N3O3S. The number of nitro benzene ring substituents is 1. The largest absolute Gasteiger partial charge is 0.339 e. The first-order valence-electron chi connectivity index (χ1n) is 4.53. The third-order valence-electron chi connectivity index (χ3n) is 1.85. The molecule has 1 aromatic carbocycles. The van der Waals surface area contributed by atoms with Gasteiger partial charge in [0.1, 0.15) is 0 Å². The van der Waals surface area contributed by atoms with Crippen molar-refractivity contribution < 1.29 is 9.72 Å². The molecule has 0 unspecified atom stereocenters. The first-order valence-corrected chi connectivity index (χ1v) is 5.35. The van der Waals surface area contributed by atoms with E-state index in [1.54, 1.807) is 14.1 Å². The lowest BCUT2D eigenvalue weighted by molar-refractivity contribution is -0.387. The number of amides is 1. The van der Waals surface area contributed by atoms with Gasteiger partial charge in [-0.3, -0.25) is 14.9 Å². The smallest absolute Gasteiger partial charge is 0.286 e. The zero-order chi connectivity index (χ0) is 13.0. The molecule has 1 amide bonds. The third kappa shape index (κ3) is 3.19. The Hall–Kier alpha value is -2.07. The third-order valence-corrected chi connectivity index (χ3v) is 2.95. The summed E-state index contributed by atoms with van der Waals surface area (Å²) in [6.07, 6.45) is 0. The molecule has 0 aliphatic carbocycles. The summed E-state index contributed by atoms with van der Waals surface area (Å²) < 4.78 is 0. The Labute approximate surface area is 102 Å². The molecule has 0 saturated heterocycles. The normalized spacial score (nSPS) is 9.47. The number of hydrogen-bond donors (Lipinski definition) is 0. The van der Waals surface area contributed by atoms with Gasteiger partial charge in [-0.25, -0.2) is 0 Å². The lowest BCUT2D eigenvalue weighted by atomic mass is 10.2. The van der Waals surface area contributed by atoms with E-state index < -0.39 is 4.92 Å². The number of benzene rings is 1. The minimum absolute atomic E-state index is 0.193. The van der Waals surface area contributed by atoms with Gasteiger partial charge in [0.2, 0.25) is 0 Å². The first-order chi connectivity index (χ1) is 7.95. The van der Waals surface area contributed by atoms with Crippen molar-refractivity contribution in [2.24, 2.45) is 0 Å². The maximum atomic E-state index is 11.4. The summed E-state index contributed by atoms with van der Waals surface area (Å²) in [5.41, 5.74) is -0.0393. The monoisotopic (exact) mass is 251 g/mol. The molecule has 0 radical (unpaired) electrons. The van der Waals surface area contributed by atoms with Gasteiger partial charge in [-0.15, -0.1) is 0 Å². The second-order valence-corrected chi connectivity index (χ2v) is 4.31. The second kappa shape index (κ2) is 5.32. The molecule has 1 rings (SSSR count). The molecule has 0 fully saturated rings. The highest BCUT2D eigenvalue weighted by atomic mass is 32.2. The molecule has 7 heteroatoms. The van der Waals surface area contributed by atoms with Crippen LogP contribution in [-0.4, -0.2) is 29.2 Å². The quantitative estimate of drug-likeness (QED) is 0.457. The van der Waals surface area contributed by atoms with Crippen molar-refractivity contribution in [3.8, 4) is 6.07 Å².